The second kappa shape index (κ2) is 6.14. The topological polar surface area (TPSA) is 12.0 Å². The largest absolute Gasteiger partial charge is 0.384 e. The van der Waals surface area contributed by atoms with Crippen LogP contribution in [0.2, 0.25) is 0 Å². The summed E-state index contributed by atoms with van der Waals surface area (Å²) in [5.74, 6) is 6.52. The molecule has 15 heavy (non-hydrogen) atoms. The van der Waals surface area contributed by atoms with Crippen molar-refractivity contribution in [3.8, 4) is 11.8 Å². The minimum Gasteiger partial charge on any atom is -0.384 e. The maximum atomic E-state index is 3.37. The minimum absolute atomic E-state index is 0.585. The second-order valence-corrected chi connectivity index (χ2v) is 3.88. The van der Waals surface area contributed by atoms with Gasteiger partial charge in [0.15, 0.2) is 0 Å². The summed E-state index contributed by atoms with van der Waals surface area (Å²) in [4.78, 5) is 0. The van der Waals surface area contributed by atoms with Crippen LogP contribution >= 0.6 is 0 Å². The molecule has 0 aliphatic carbocycles. The molecule has 0 unspecified atom stereocenters. The third kappa shape index (κ3) is 4.08. The maximum absolute atomic E-state index is 3.37. The van der Waals surface area contributed by atoms with Crippen LogP contribution in [0, 0.1) is 11.8 Å². The molecule has 0 amide bonds. The van der Waals surface area contributed by atoms with E-state index in [1.165, 1.54) is 11.3 Å². The predicted octanol–water partition coefficient (Wildman–Crippen LogP) is 3.64. The van der Waals surface area contributed by atoms with Crippen molar-refractivity contribution in [3.05, 3.63) is 29.8 Å². The summed E-state index contributed by atoms with van der Waals surface area (Å²) < 4.78 is 0. The van der Waals surface area contributed by atoms with Gasteiger partial charge in [-0.15, -0.1) is 11.8 Å². The molecule has 1 nitrogen and oxygen atoms in total. The molecule has 0 saturated carbocycles. The van der Waals surface area contributed by atoms with Gasteiger partial charge in [-0.2, -0.15) is 0 Å². The molecular formula is C14H19N. The standard InChI is InChI=1S/C14H19N/c1-4-5-6-10-15-14-9-7-8-13(11-14)12(2)3/h7-9,11-12,15H,6,10H2,1-3H3. The van der Waals surface area contributed by atoms with Crippen LogP contribution in [0.15, 0.2) is 24.3 Å². The van der Waals surface area contributed by atoms with Crippen molar-refractivity contribution in [1.82, 2.24) is 0 Å². The zero-order chi connectivity index (χ0) is 11.1. The number of rotatable bonds is 4. The van der Waals surface area contributed by atoms with E-state index in [2.05, 4.69) is 55.3 Å². The van der Waals surface area contributed by atoms with Gasteiger partial charge in [-0.3, -0.25) is 0 Å². The fourth-order valence-electron chi connectivity index (χ4n) is 1.40. The SMILES string of the molecule is CC#CCCNc1cccc(C(C)C)c1. The summed E-state index contributed by atoms with van der Waals surface area (Å²) >= 11 is 0. The molecule has 1 rings (SSSR count). The van der Waals surface area contributed by atoms with Gasteiger partial charge in [-0.1, -0.05) is 26.0 Å². The van der Waals surface area contributed by atoms with Gasteiger partial charge in [0.25, 0.3) is 0 Å². The first-order valence-corrected chi connectivity index (χ1v) is 5.47. The molecule has 0 heterocycles. The van der Waals surface area contributed by atoms with Crippen LogP contribution < -0.4 is 5.32 Å². The molecule has 80 valence electrons. The number of hydrogen-bond acceptors (Lipinski definition) is 1. The summed E-state index contributed by atoms with van der Waals surface area (Å²) in [6.45, 7) is 7.21. The monoisotopic (exact) mass is 201 g/mol. The van der Waals surface area contributed by atoms with E-state index < -0.39 is 0 Å². The zero-order valence-corrected chi connectivity index (χ0v) is 9.80. The summed E-state index contributed by atoms with van der Waals surface area (Å²) in [7, 11) is 0. The lowest BCUT2D eigenvalue weighted by Gasteiger charge is -2.09. The van der Waals surface area contributed by atoms with E-state index in [-0.39, 0.29) is 0 Å². The smallest absolute Gasteiger partial charge is 0.0343 e. The van der Waals surface area contributed by atoms with Crippen molar-refractivity contribution in [2.45, 2.75) is 33.1 Å². The van der Waals surface area contributed by atoms with Gasteiger partial charge in [0.2, 0.25) is 0 Å². The highest BCUT2D eigenvalue weighted by atomic mass is 14.9. The van der Waals surface area contributed by atoms with E-state index in [1.807, 2.05) is 6.92 Å². The van der Waals surface area contributed by atoms with Crippen LogP contribution in [0.5, 0.6) is 0 Å². The second-order valence-electron chi connectivity index (χ2n) is 3.88. The third-order valence-corrected chi connectivity index (χ3v) is 2.31. The molecule has 1 heteroatoms. The maximum Gasteiger partial charge on any atom is 0.0343 e. The normalized spacial score (nSPS) is 9.60. The number of benzene rings is 1. The van der Waals surface area contributed by atoms with E-state index in [1.54, 1.807) is 0 Å². The lowest BCUT2D eigenvalue weighted by Crippen LogP contribution is -2.00. The first-order chi connectivity index (χ1) is 7.24. The average molecular weight is 201 g/mol. The third-order valence-electron chi connectivity index (χ3n) is 2.31. The Labute approximate surface area is 92.9 Å². The van der Waals surface area contributed by atoms with Gasteiger partial charge < -0.3 is 5.32 Å². The highest BCUT2D eigenvalue weighted by molar-refractivity contribution is 5.46. The summed E-state index contributed by atoms with van der Waals surface area (Å²) in [5, 5.41) is 3.37. The van der Waals surface area contributed by atoms with Crippen LogP contribution in [-0.2, 0) is 0 Å². The summed E-state index contributed by atoms with van der Waals surface area (Å²) in [5.41, 5.74) is 2.57. The minimum atomic E-state index is 0.585. The van der Waals surface area contributed by atoms with Gasteiger partial charge in [0.05, 0.1) is 0 Å². The fraction of sp³-hybridized carbons (Fsp3) is 0.429. The van der Waals surface area contributed by atoms with Crippen LogP contribution in [0.3, 0.4) is 0 Å². The molecule has 1 N–H and O–H groups in total. The van der Waals surface area contributed by atoms with Gasteiger partial charge in [-0.05, 0) is 30.5 Å². The Morgan fingerprint density at radius 1 is 1.33 bits per heavy atom. The quantitative estimate of drug-likeness (QED) is 0.579. The Kier molecular flexibility index (Phi) is 4.77. The van der Waals surface area contributed by atoms with Crippen molar-refractivity contribution in [3.63, 3.8) is 0 Å². The van der Waals surface area contributed by atoms with E-state index in [9.17, 15) is 0 Å². The molecule has 0 saturated heterocycles. The number of hydrogen-bond donors (Lipinski definition) is 1. The van der Waals surface area contributed by atoms with Crippen LogP contribution in [0.4, 0.5) is 5.69 Å². The van der Waals surface area contributed by atoms with Gasteiger partial charge in [0.1, 0.15) is 0 Å². The predicted molar refractivity (Wildman–Crippen MR) is 67.1 cm³/mol. The molecule has 0 spiro atoms. The molecule has 0 atom stereocenters. The van der Waals surface area contributed by atoms with Crippen molar-refractivity contribution >= 4 is 5.69 Å². The molecule has 0 aromatic heterocycles. The first-order valence-electron chi connectivity index (χ1n) is 5.47. The molecular weight excluding hydrogens is 182 g/mol. The summed E-state index contributed by atoms with van der Waals surface area (Å²) in [6.07, 6.45) is 0.905. The van der Waals surface area contributed by atoms with E-state index >= 15 is 0 Å². The van der Waals surface area contributed by atoms with Gasteiger partial charge in [0, 0.05) is 18.7 Å². The van der Waals surface area contributed by atoms with Crippen molar-refractivity contribution in [1.29, 1.82) is 0 Å². The van der Waals surface area contributed by atoms with E-state index in [4.69, 9.17) is 0 Å². The van der Waals surface area contributed by atoms with Crippen molar-refractivity contribution in [2.24, 2.45) is 0 Å². The van der Waals surface area contributed by atoms with Gasteiger partial charge in [-0.25, -0.2) is 0 Å². The molecule has 0 fully saturated rings. The Balaban J connectivity index is 2.53. The molecule has 0 bridgehead atoms. The van der Waals surface area contributed by atoms with Crippen molar-refractivity contribution in [2.75, 3.05) is 11.9 Å². The zero-order valence-electron chi connectivity index (χ0n) is 9.80. The lowest BCUT2D eigenvalue weighted by atomic mass is 10.0. The number of nitrogens with one attached hydrogen (secondary N) is 1. The first kappa shape index (κ1) is 11.7. The van der Waals surface area contributed by atoms with Crippen molar-refractivity contribution < 1.29 is 0 Å². The van der Waals surface area contributed by atoms with Crippen LogP contribution in [-0.4, -0.2) is 6.54 Å². The molecule has 0 radical (unpaired) electrons. The number of anilines is 1. The fourth-order valence-corrected chi connectivity index (χ4v) is 1.40. The highest BCUT2D eigenvalue weighted by Gasteiger charge is 1.99. The highest BCUT2D eigenvalue weighted by Crippen LogP contribution is 2.18. The molecule has 1 aromatic rings. The molecule has 0 aliphatic heterocycles. The Hall–Kier alpha value is -1.42. The molecule has 0 aliphatic rings. The average Bonchev–Trinajstić information content (AvgIpc) is 2.25. The van der Waals surface area contributed by atoms with E-state index in [0.29, 0.717) is 5.92 Å². The summed E-state index contributed by atoms with van der Waals surface area (Å²) in [6, 6.07) is 8.58. The van der Waals surface area contributed by atoms with Gasteiger partial charge >= 0.3 is 0 Å². The Morgan fingerprint density at radius 2 is 2.13 bits per heavy atom. The van der Waals surface area contributed by atoms with Crippen LogP contribution in [0.1, 0.15) is 38.7 Å². The lowest BCUT2D eigenvalue weighted by molar-refractivity contribution is 0.866. The van der Waals surface area contributed by atoms with Crippen LogP contribution in [0.25, 0.3) is 0 Å². The van der Waals surface area contributed by atoms with E-state index in [0.717, 1.165) is 13.0 Å². The molecule has 1 aromatic carbocycles. The Morgan fingerprint density at radius 3 is 2.80 bits per heavy atom. The Bertz CT molecular complexity index is 355.